The van der Waals surface area contributed by atoms with Gasteiger partial charge in [-0.25, -0.2) is 0 Å². The van der Waals surface area contributed by atoms with Crippen LogP contribution in [0, 0.1) is 0 Å². The van der Waals surface area contributed by atoms with E-state index in [4.69, 9.17) is 4.84 Å². The summed E-state index contributed by atoms with van der Waals surface area (Å²) in [6, 6.07) is 8.71. The molecule has 0 spiro atoms. The molecule has 1 unspecified atom stereocenters. The Balaban J connectivity index is 2.61. The number of benzene rings is 1. The molecule has 1 aliphatic heterocycles. The van der Waals surface area contributed by atoms with Crippen LogP contribution in [0.3, 0.4) is 0 Å². The van der Waals surface area contributed by atoms with E-state index in [9.17, 15) is 14.8 Å². The number of oxime groups is 1. The maximum atomic E-state index is 13.0. The van der Waals surface area contributed by atoms with Crippen molar-refractivity contribution in [1.29, 1.82) is 0 Å². The lowest BCUT2D eigenvalue weighted by Crippen LogP contribution is -2.64. The summed E-state index contributed by atoms with van der Waals surface area (Å²) in [5, 5.41) is 19.7. The summed E-state index contributed by atoms with van der Waals surface area (Å²) in [4.78, 5) is 29.5. The van der Waals surface area contributed by atoms with Crippen molar-refractivity contribution in [2.45, 2.75) is 26.3 Å². The van der Waals surface area contributed by atoms with Gasteiger partial charge in [-0.1, -0.05) is 23.4 Å². The molecule has 1 aliphatic rings. The Kier molecular flexibility index (Phi) is 4.46. The number of hydrazone groups is 1. The molecule has 1 aromatic rings. The quantitative estimate of drug-likeness (QED) is 0.516. The first-order chi connectivity index (χ1) is 10.9. The van der Waals surface area contributed by atoms with Crippen LogP contribution in [-0.4, -0.2) is 46.2 Å². The molecule has 0 saturated heterocycles. The van der Waals surface area contributed by atoms with Crippen LogP contribution in [0.1, 0.15) is 20.8 Å². The van der Waals surface area contributed by atoms with Gasteiger partial charge in [0.25, 0.3) is 5.91 Å². The van der Waals surface area contributed by atoms with Gasteiger partial charge in [0.05, 0.1) is 17.1 Å². The third-order valence-corrected chi connectivity index (χ3v) is 3.64. The number of carbonyl (C=O) groups is 2. The lowest BCUT2D eigenvalue weighted by Gasteiger charge is -2.33. The second kappa shape index (κ2) is 6.17. The molecule has 1 heterocycles. The Morgan fingerprint density at radius 2 is 1.96 bits per heavy atom. The Bertz CT molecular complexity index is 686. The van der Waals surface area contributed by atoms with Crippen molar-refractivity contribution in [2.24, 2.45) is 10.3 Å². The second-order valence-corrected chi connectivity index (χ2v) is 5.04. The van der Waals surface area contributed by atoms with E-state index in [-0.39, 0.29) is 11.4 Å². The van der Waals surface area contributed by atoms with Crippen LogP contribution in [0.4, 0.5) is 5.69 Å². The van der Waals surface area contributed by atoms with Gasteiger partial charge in [0, 0.05) is 6.92 Å². The topological polar surface area (TPSA) is 94.8 Å². The molecule has 0 bridgehead atoms. The fourth-order valence-corrected chi connectivity index (χ4v) is 2.57. The van der Waals surface area contributed by atoms with Gasteiger partial charge >= 0.3 is 0 Å². The highest BCUT2D eigenvalue weighted by atomic mass is 16.6. The maximum absolute atomic E-state index is 13.0. The van der Waals surface area contributed by atoms with Crippen molar-refractivity contribution < 1.29 is 19.6 Å². The maximum Gasteiger partial charge on any atom is 0.287 e. The zero-order chi connectivity index (χ0) is 17.2. The molecular weight excluding hydrogens is 300 g/mol. The summed E-state index contributed by atoms with van der Waals surface area (Å²) in [6.45, 7) is 4.18. The van der Waals surface area contributed by atoms with Crippen molar-refractivity contribution >= 4 is 28.9 Å². The van der Waals surface area contributed by atoms with E-state index in [0.29, 0.717) is 10.8 Å². The standard InChI is InChI=1S/C15H18N4O4/c1-10-15(11(2)17-23-4,19(22)12(3)20)14(21)18(16-10)13-8-6-5-7-9-13/h5-9,22H,1-4H3. The van der Waals surface area contributed by atoms with E-state index in [1.807, 2.05) is 0 Å². The molecule has 8 nitrogen and oxygen atoms in total. The molecule has 1 N–H and O–H groups in total. The van der Waals surface area contributed by atoms with Crippen molar-refractivity contribution in [3.63, 3.8) is 0 Å². The Morgan fingerprint density at radius 1 is 1.35 bits per heavy atom. The molecule has 0 saturated carbocycles. The van der Waals surface area contributed by atoms with Crippen LogP contribution in [-0.2, 0) is 14.4 Å². The van der Waals surface area contributed by atoms with E-state index in [1.165, 1.54) is 14.0 Å². The molecule has 1 aromatic carbocycles. The number of hydroxylamine groups is 2. The fraction of sp³-hybridized carbons (Fsp3) is 0.333. The molecule has 2 amide bonds. The number of para-hydroxylation sites is 1. The van der Waals surface area contributed by atoms with Gasteiger partial charge in [-0.3, -0.25) is 14.8 Å². The Morgan fingerprint density at radius 3 is 2.48 bits per heavy atom. The number of nitrogens with zero attached hydrogens (tertiary/aromatic N) is 4. The van der Waals surface area contributed by atoms with Gasteiger partial charge in [0.15, 0.2) is 0 Å². The van der Waals surface area contributed by atoms with Crippen LogP contribution >= 0.6 is 0 Å². The van der Waals surface area contributed by atoms with E-state index in [0.717, 1.165) is 11.9 Å². The average molecular weight is 318 g/mol. The first-order valence-corrected chi connectivity index (χ1v) is 6.90. The normalized spacial score (nSPS) is 21.3. The lowest BCUT2D eigenvalue weighted by molar-refractivity contribution is -0.176. The number of anilines is 1. The molecule has 0 aromatic heterocycles. The van der Waals surface area contributed by atoms with E-state index >= 15 is 0 Å². The first kappa shape index (κ1) is 16.6. The largest absolute Gasteiger partial charge is 0.399 e. The minimum Gasteiger partial charge on any atom is -0.399 e. The molecular formula is C15H18N4O4. The SMILES string of the molecule is CON=C(C)C1(N(O)C(C)=O)C(=O)N(c2ccccc2)N=C1C. The molecule has 8 heteroatoms. The lowest BCUT2D eigenvalue weighted by atomic mass is 9.88. The molecule has 0 aliphatic carbocycles. The highest BCUT2D eigenvalue weighted by Gasteiger charge is 2.58. The Hall–Kier alpha value is -2.74. The summed E-state index contributed by atoms with van der Waals surface area (Å²) in [7, 11) is 1.31. The predicted molar refractivity (Wildman–Crippen MR) is 84.2 cm³/mol. The zero-order valence-electron chi connectivity index (χ0n) is 13.3. The van der Waals surface area contributed by atoms with Crippen molar-refractivity contribution in [2.75, 3.05) is 12.1 Å². The van der Waals surface area contributed by atoms with E-state index in [2.05, 4.69) is 10.3 Å². The fourth-order valence-electron chi connectivity index (χ4n) is 2.57. The molecule has 122 valence electrons. The minimum absolute atomic E-state index is 0.0994. The van der Waals surface area contributed by atoms with Crippen LogP contribution in [0.25, 0.3) is 0 Å². The summed E-state index contributed by atoms with van der Waals surface area (Å²) in [5.74, 6) is -1.33. The van der Waals surface area contributed by atoms with Gasteiger partial charge in [-0.15, -0.1) is 0 Å². The van der Waals surface area contributed by atoms with Crippen molar-refractivity contribution in [1.82, 2.24) is 5.06 Å². The highest BCUT2D eigenvalue weighted by molar-refractivity contribution is 6.37. The van der Waals surface area contributed by atoms with Gasteiger partial charge < -0.3 is 4.84 Å². The summed E-state index contributed by atoms with van der Waals surface area (Å²) in [6.07, 6.45) is 0. The molecule has 1 atom stereocenters. The summed E-state index contributed by atoms with van der Waals surface area (Å²) < 4.78 is 0. The van der Waals surface area contributed by atoms with Gasteiger partial charge in [0.2, 0.25) is 11.4 Å². The third kappa shape index (κ3) is 2.46. The third-order valence-electron chi connectivity index (χ3n) is 3.64. The summed E-state index contributed by atoms with van der Waals surface area (Å²) >= 11 is 0. The van der Waals surface area contributed by atoms with Gasteiger partial charge in [-0.2, -0.15) is 15.2 Å². The highest BCUT2D eigenvalue weighted by Crippen LogP contribution is 2.32. The van der Waals surface area contributed by atoms with Crippen LogP contribution in [0.2, 0.25) is 0 Å². The molecule has 2 rings (SSSR count). The average Bonchev–Trinajstić information content (AvgIpc) is 2.80. The molecule has 0 fully saturated rings. The Labute approximate surface area is 133 Å². The van der Waals surface area contributed by atoms with E-state index < -0.39 is 17.4 Å². The zero-order valence-corrected chi connectivity index (χ0v) is 13.3. The predicted octanol–water partition coefficient (Wildman–Crippen LogP) is 1.41. The number of hydrogen-bond acceptors (Lipinski definition) is 6. The monoisotopic (exact) mass is 318 g/mol. The minimum atomic E-state index is -1.82. The number of hydrogen-bond donors (Lipinski definition) is 1. The second-order valence-electron chi connectivity index (χ2n) is 5.04. The van der Waals surface area contributed by atoms with Gasteiger partial charge in [0.1, 0.15) is 7.11 Å². The van der Waals surface area contributed by atoms with E-state index in [1.54, 1.807) is 37.3 Å². The first-order valence-electron chi connectivity index (χ1n) is 6.90. The number of rotatable bonds is 4. The van der Waals surface area contributed by atoms with Crippen molar-refractivity contribution in [3.8, 4) is 0 Å². The smallest absolute Gasteiger partial charge is 0.287 e. The number of amides is 2. The van der Waals surface area contributed by atoms with Crippen LogP contribution in [0.15, 0.2) is 40.6 Å². The molecule has 0 radical (unpaired) electrons. The van der Waals surface area contributed by atoms with Gasteiger partial charge in [-0.05, 0) is 26.0 Å². The molecule has 23 heavy (non-hydrogen) atoms. The van der Waals surface area contributed by atoms with Crippen molar-refractivity contribution in [3.05, 3.63) is 30.3 Å². The number of carbonyl (C=O) groups excluding carboxylic acids is 2. The summed E-state index contributed by atoms with van der Waals surface area (Å²) in [5.41, 5.74) is -0.997. The van der Waals surface area contributed by atoms with Crippen LogP contribution in [0.5, 0.6) is 0 Å². The van der Waals surface area contributed by atoms with Crippen LogP contribution < -0.4 is 5.01 Å².